The Kier molecular flexibility index (Phi) is 4.99. The number of carbonyl (C=O) groups is 1. The molecule has 2 fully saturated rings. The van der Waals surface area contributed by atoms with Gasteiger partial charge in [0.2, 0.25) is 0 Å². The molecular formula is C21H26N4O2. The quantitative estimate of drug-likeness (QED) is 0.732. The Bertz CT molecular complexity index is 817. The molecule has 142 valence electrons. The molecule has 1 atom stereocenters. The van der Waals surface area contributed by atoms with Crippen LogP contribution in [0.2, 0.25) is 0 Å². The first-order valence-electron chi connectivity index (χ1n) is 9.62. The van der Waals surface area contributed by atoms with Crippen molar-refractivity contribution in [3.8, 4) is 5.75 Å². The summed E-state index contributed by atoms with van der Waals surface area (Å²) in [7, 11) is 0. The van der Waals surface area contributed by atoms with Crippen molar-refractivity contribution < 1.29 is 9.90 Å². The third-order valence-corrected chi connectivity index (χ3v) is 5.25. The van der Waals surface area contributed by atoms with Crippen molar-refractivity contribution in [2.24, 2.45) is 0 Å². The maximum absolute atomic E-state index is 12.1. The van der Waals surface area contributed by atoms with Gasteiger partial charge in [-0.15, -0.1) is 0 Å². The lowest BCUT2D eigenvalue weighted by Crippen LogP contribution is -2.32. The lowest BCUT2D eigenvalue weighted by Gasteiger charge is -2.18. The lowest BCUT2D eigenvalue weighted by atomic mass is 10.1. The van der Waals surface area contributed by atoms with Crippen LogP contribution >= 0.6 is 0 Å². The van der Waals surface area contributed by atoms with Crippen molar-refractivity contribution in [2.75, 3.05) is 18.0 Å². The molecule has 1 aliphatic heterocycles. The highest BCUT2D eigenvalue weighted by atomic mass is 16.3. The van der Waals surface area contributed by atoms with Gasteiger partial charge in [0, 0.05) is 43.5 Å². The fourth-order valence-electron chi connectivity index (χ4n) is 3.45. The van der Waals surface area contributed by atoms with Gasteiger partial charge in [-0.05, 0) is 44.4 Å². The molecule has 1 aromatic carbocycles. The molecule has 1 saturated carbocycles. The Morgan fingerprint density at radius 3 is 2.81 bits per heavy atom. The molecule has 0 radical (unpaired) electrons. The summed E-state index contributed by atoms with van der Waals surface area (Å²) in [6.07, 6.45) is 4.86. The SMILES string of the molecule is Cc1ccc(O)c(CN[C@H]2CCN(c3ccc(C(=O)NC4CC4)cn3)C2)c1. The van der Waals surface area contributed by atoms with Gasteiger partial charge >= 0.3 is 0 Å². The molecule has 3 N–H and O–H groups in total. The summed E-state index contributed by atoms with van der Waals surface area (Å²) in [6.45, 7) is 4.48. The van der Waals surface area contributed by atoms with E-state index in [0.717, 1.165) is 49.3 Å². The maximum atomic E-state index is 12.1. The van der Waals surface area contributed by atoms with Gasteiger partial charge in [-0.3, -0.25) is 4.79 Å². The third-order valence-electron chi connectivity index (χ3n) is 5.25. The number of amides is 1. The van der Waals surface area contributed by atoms with E-state index in [-0.39, 0.29) is 5.91 Å². The van der Waals surface area contributed by atoms with E-state index in [2.05, 4.69) is 20.5 Å². The molecule has 2 heterocycles. The number of rotatable bonds is 6. The van der Waals surface area contributed by atoms with Gasteiger partial charge in [-0.25, -0.2) is 4.98 Å². The molecule has 4 rings (SSSR count). The first-order valence-corrected chi connectivity index (χ1v) is 9.62. The van der Waals surface area contributed by atoms with Crippen LogP contribution in [-0.4, -0.2) is 41.2 Å². The van der Waals surface area contributed by atoms with Crippen LogP contribution in [0, 0.1) is 6.92 Å². The summed E-state index contributed by atoms with van der Waals surface area (Å²) in [5.74, 6) is 1.21. The van der Waals surface area contributed by atoms with E-state index in [4.69, 9.17) is 0 Å². The minimum Gasteiger partial charge on any atom is -0.508 e. The molecule has 2 aromatic rings. The van der Waals surface area contributed by atoms with Crippen LogP contribution in [0.25, 0.3) is 0 Å². The Labute approximate surface area is 159 Å². The first-order chi connectivity index (χ1) is 13.1. The van der Waals surface area contributed by atoms with Crippen LogP contribution in [0.15, 0.2) is 36.5 Å². The molecule has 0 bridgehead atoms. The molecule has 1 aromatic heterocycles. The van der Waals surface area contributed by atoms with Gasteiger partial charge in [0.25, 0.3) is 5.91 Å². The standard InChI is InChI=1S/C21H26N4O2/c1-14-2-6-19(26)16(10-14)12-22-18-8-9-25(13-18)20-7-3-15(11-23-20)21(27)24-17-4-5-17/h2-3,6-7,10-11,17-18,22,26H,4-5,8-9,12-13H2,1H3,(H,24,27)/t18-/m0/s1. The van der Waals surface area contributed by atoms with E-state index < -0.39 is 0 Å². The molecule has 0 spiro atoms. The zero-order chi connectivity index (χ0) is 18.8. The lowest BCUT2D eigenvalue weighted by molar-refractivity contribution is 0.0950. The largest absolute Gasteiger partial charge is 0.508 e. The number of phenols is 1. The Balaban J connectivity index is 1.31. The number of pyridine rings is 1. The van der Waals surface area contributed by atoms with Crippen molar-refractivity contribution >= 4 is 11.7 Å². The molecular weight excluding hydrogens is 340 g/mol. The molecule has 1 aliphatic carbocycles. The number of aromatic hydroxyl groups is 1. The molecule has 1 amide bonds. The molecule has 6 nitrogen and oxygen atoms in total. The maximum Gasteiger partial charge on any atom is 0.253 e. The van der Waals surface area contributed by atoms with Crippen LogP contribution in [0.3, 0.4) is 0 Å². The van der Waals surface area contributed by atoms with Crippen molar-refractivity contribution in [1.82, 2.24) is 15.6 Å². The fourth-order valence-corrected chi connectivity index (χ4v) is 3.45. The number of benzene rings is 1. The number of nitrogens with zero attached hydrogens (tertiary/aromatic N) is 2. The van der Waals surface area contributed by atoms with Gasteiger partial charge in [-0.1, -0.05) is 17.7 Å². The van der Waals surface area contributed by atoms with Gasteiger partial charge in [0.1, 0.15) is 11.6 Å². The van der Waals surface area contributed by atoms with Crippen molar-refractivity contribution in [1.29, 1.82) is 0 Å². The summed E-state index contributed by atoms with van der Waals surface area (Å²) in [4.78, 5) is 18.8. The summed E-state index contributed by atoms with van der Waals surface area (Å²) in [6, 6.07) is 10.2. The summed E-state index contributed by atoms with van der Waals surface area (Å²) in [5.41, 5.74) is 2.69. The number of carbonyl (C=O) groups excluding carboxylic acids is 1. The monoisotopic (exact) mass is 366 g/mol. The van der Waals surface area contributed by atoms with Crippen LogP contribution in [0.1, 0.15) is 40.7 Å². The normalized spacial score (nSPS) is 19.3. The number of aryl methyl sites for hydroxylation is 1. The minimum atomic E-state index is -0.0320. The zero-order valence-electron chi connectivity index (χ0n) is 15.6. The second-order valence-electron chi connectivity index (χ2n) is 7.60. The third kappa shape index (κ3) is 4.39. The first kappa shape index (κ1) is 17.8. The van der Waals surface area contributed by atoms with E-state index >= 15 is 0 Å². The highest BCUT2D eigenvalue weighted by Crippen LogP contribution is 2.22. The van der Waals surface area contributed by atoms with E-state index in [1.54, 1.807) is 12.3 Å². The van der Waals surface area contributed by atoms with Gasteiger partial charge in [0.05, 0.1) is 5.56 Å². The van der Waals surface area contributed by atoms with E-state index in [1.165, 1.54) is 0 Å². The van der Waals surface area contributed by atoms with Crippen LogP contribution in [0.5, 0.6) is 5.75 Å². The molecule has 27 heavy (non-hydrogen) atoms. The van der Waals surface area contributed by atoms with Gasteiger partial charge < -0.3 is 20.6 Å². The average Bonchev–Trinajstić information content (AvgIpc) is 3.36. The second-order valence-corrected chi connectivity index (χ2v) is 7.60. The highest BCUT2D eigenvalue weighted by Gasteiger charge is 2.25. The summed E-state index contributed by atoms with van der Waals surface area (Å²) in [5, 5.41) is 16.5. The smallest absolute Gasteiger partial charge is 0.253 e. The number of phenolic OH excluding ortho intramolecular Hbond substituents is 1. The molecule has 0 unspecified atom stereocenters. The van der Waals surface area contributed by atoms with Gasteiger partial charge in [-0.2, -0.15) is 0 Å². The van der Waals surface area contributed by atoms with E-state index in [0.29, 0.717) is 29.9 Å². The number of hydrogen-bond acceptors (Lipinski definition) is 5. The summed E-state index contributed by atoms with van der Waals surface area (Å²) < 4.78 is 0. The van der Waals surface area contributed by atoms with E-state index in [9.17, 15) is 9.90 Å². The van der Waals surface area contributed by atoms with E-state index in [1.807, 2.05) is 31.2 Å². The topological polar surface area (TPSA) is 77.5 Å². The summed E-state index contributed by atoms with van der Waals surface area (Å²) >= 11 is 0. The van der Waals surface area contributed by atoms with Crippen molar-refractivity contribution in [3.05, 3.63) is 53.2 Å². The Morgan fingerprint density at radius 1 is 1.22 bits per heavy atom. The molecule has 2 aliphatic rings. The zero-order valence-corrected chi connectivity index (χ0v) is 15.6. The second kappa shape index (κ2) is 7.56. The van der Waals surface area contributed by atoms with Crippen molar-refractivity contribution in [2.45, 2.75) is 44.8 Å². The number of nitrogens with one attached hydrogen (secondary N) is 2. The predicted molar refractivity (Wildman–Crippen MR) is 105 cm³/mol. The average molecular weight is 366 g/mol. The molecule has 6 heteroatoms. The van der Waals surface area contributed by atoms with Crippen molar-refractivity contribution in [3.63, 3.8) is 0 Å². The van der Waals surface area contributed by atoms with Crippen LogP contribution in [-0.2, 0) is 6.54 Å². The Morgan fingerprint density at radius 2 is 2.07 bits per heavy atom. The Hall–Kier alpha value is -2.60. The fraction of sp³-hybridized carbons (Fsp3) is 0.429. The van der Waals surface area contributed by atoms with Crippen LogP contribution in [0.4, 0.5) is 5.82 Å². The predicted octanol–water partition coefficient (Wildman–Crippen LogP) is 2.36. The number of aromatic nitrogens is 1. The van der Waals surface area contributed by atoms with Crippen LogP contribution < -0.4 is 15.5 Å². The highest BCUT2D eigenvalue weighted by molar-refractivity contribution is 5.94. The van der Waals surface area contributed by atoms with Gasteiger partial charge in [0.15, 0.2) is 0 Å². The minimum absolute atomic E-state index is 0.0320. The molecule has 1 saturated heterocycles. The number of hydrogen-bond donors (Lipinski definition) is 3. The number of anilines is 1.